The molecule has 0 N–H and O–H groups in total. The Labute approximate surface area is 202 Å². The smallest absolute Gasteiger partial charge is 0.416 e. The number of ether oxygens (including phenoxy) is 1. The van der Waals surface area contributed by atoms with Crippen LogP contribution in [0.15, 0.2) is 64.2 Å². The van der Waals surface area contributed by atoms with E-state index in [0.717, 1.165) is 6.21 Å². The van der Waals surface area contributed by atoms with Crippen LogP contribution in [-0.2, 0) is 17.6 Å². The molecule has 3 aromatic rings. The van der Waals surface area contributed by atoms with Crippen LogP contribution in [0.2, 0.25) is 0 Å². The van der Waals surface area contributed by atoms with Crippen LogP contribution in [0.1, 0.15) is 16.7 Å². The zero-order chi connectivity index (χ0) is 25.8. The molecule has 35 heavy (non-hydrogen) atoms. The molecule has 0 aliphatic carbocycles. The second-order valence-corrected chi connectivity index (χ2v) is 7.65. The highest BCUT2D eigenvalue weighted by atomic mass is 79.9. The van der Waals surface area contributed by atoms with Gasteiger partial charge in [0.05, 0.1) is 21.6 Å². The fourth-order valence-electron chi connectivity index (χ4n) is 2.78. The Kier molecular flexibility index (Phi) is 7.64. The topological polar surface area (TPSA) is 117 Å². The number of alkyl halides is 3. The SMILES string of the molecule is O=[N+]([O-])c1cc(C(F)(F)F)cc([N+](=O)[O-])c1Oc1ccc(Br)cc1/C=N\OCc1ccccc1F. The Morgan fingerprint density at radius 3 is 2.20 bits per heavy atom. The van der Waals surface area contributed by atoms with Crippen LogP contribution in [-0.4, -0.2) is 16.1 Å². The van der Waals surface area contributed by atoms with Crippen molar-refractivity contribution in [2.45, 2.75) is 12.8 Å². The highest BCUT2D eigenvalue weighted by Gasteiger charge is 2.38. The number of halogens is 5. The summed E-state index contributed by atoms with van der Waals surface area (Å²) >= 11 is 3.19. The van der Waals surface area contributed by atoms with Gasteiger partial charge in [0, 0.05) is 27.7 Å². The first-order valence-electron chi connectivity index (χ1n) is 9.37. The first-order chi connectivity index (χ1) is 16.5. The van der Waals surface area contributed by atoms with Gasteiger partial charge in [0.25, 0.3) is 5.75 Å². The highest BCUT2D eigenvalue weighted by Crippen LogP contribution is 2.45. The maximum Gasteiger partial charge on any atom is 0.416 e. The average Bonchev–Trinajstić information content (AvgIpc) is 2.78. The molecule has 0 aliphatic heterocycles. The van der Waals surface area contributed by atoms with Crippen LogP contribution in [0, 0.1) is 26.0 Å². The second-order valence-electron chi connectivity index (χ2n) is 6.74. The van der Waals surface area contributed by atoms with Gasteiger partial charge >= 0.3 is 17.6 Å². The van der Waals surface area contributed by atoms with Crippen LogP contribution in [0.4, 0.5) is 28.9 Å². The number of nitrogens with zero attached hydrogens (tertiary/aromatic N) is 3. The predicted octanol–water partition coefficient (Wildman–Crippen LogP) is 6.77. The maximum atomic E-state index is 13.7. The Morgan fingerprint density at radius 1 is 1.00 bits per heavy atom. The van der Waals surface area contributed by atoms with E-state index in [0.29, 0.717) is 4.47 Å². The molecular weight excluding hydrogens is 546 g/mol. The predicted molar refractivity (Wildman–Crippen MR) is 118 cm³/mol. The lowest BCUT2D eigenvalue weighted by molar-refractivity contribution is -0.396. The van der Waals surface area contributed by atoms with Crippen LogP contribution in [0.5, 0.6) is 11.5 Å². The molecule has 182 valence electrons. The lowest BCUT2D eigenvalue weighted by Gasteiger charge is -2.12. The zero-order valence-electron chi connectivity index (χ0n) is 17.2. The number of benzene rings is 3. The monoisotopic (exact) mass is 557 g/mol. The van der Waals surface area contributed by atoms with Gasteiger partial charge in [-0.1, -0.05) is 39.3 Å². The third kappa shape index (κ3) is 6.29. The summed E-state index contributed by atoms with van der Waals surface area (Å²) in [6.45, 7) is -0.233. The number of hydrogen-bond donors (Lipinski definition) is 0. The summed E-state index contributed by atoms with van der Waals surface area (Å²) in [7, 11) is 0. The van der Waals surface area contributed by atoms with E-state index in [1.165, 1.54) is 36.4 Å². The Morgan fingerprint density at radius 2 is 1.63 bits per heavy atom. The maximum absolute atomic E-state index is 13.7. The summed E-state index contributed by atoms with van der Waals surface area (Å²) in [6.07, 6.45) is -3.98. The van der Waals surface area contributed by atoms with Crippen molar-refractivity contribution in [2.75, 3.05) is 0 Å². The summed E-state index contributed by atoms with van der Waals surface area (Å²) < 4.78 is 58.9. The Hall–Kier alpha value is -4.07. The molecule has 0 saturated heterocycles. The van der Waals surface area contributed by atoms with E-state index in [4.69, 9.17) is 9.57 Å². The van der Waals surface area contributed by atoms with Crippen LogP contribution in [0.3, 0.4) is 0 Å². The van der Waals surface area contributed by atoms with Crippen molar-refractivity contribution < 1.29 is 37.0 Å². The fraction of sp³-hybridized carbons (Fsp3) is 0.0952. The quantitative estimate of drug-likeness (QED) is 0.130. The molecule has 0 aliphatic rings. The number of nitro benzene ring substituents is 2. The van der Waals surface area contributed by atoms with Gasteiger partial charge in [-0.2, -0.15) is 13.2 Å². The minimum Gasteiger partial charge on any atom is -0.443 e. The van der Waals surface area contributed by atoms with E-state index in [1.54, 1.807) is 6.07 Å². The van der Waals surface area contributed by atoms with Crippen molar-refractivity contribution in [3.63, 3.8) is 0 Å². The van der Waals surface area contributed by atoms with Gasteiger partial charge in [-0.15, -0.1) is 0 Å². The van der Waals surface area contributed by atoms with Crippen molar-refractivity contribution in [2.24, 2.45) is 5.16 Å². The Balaban J connectivity index is 1.98. The number of rotatable bonds is 8. The normalized spacial score (nSPS) is 11.5. The highest BCUT2D eigenvalue weighted by molar-refractivity contribution is 9.10. The van der Waals surface area contributed by atoms with Gasteiger partial charge in [-0.3, -0.25) is 20.2 Å². The molecule has 0 heterocycles. The van der Waals surface area contributed by atoms with Gasteiger partial charge in [0.2, 0.25) is 0 Å². The standard InChI is InChI=1S/C21H12BrF4N3O6/c22-15-5-6-19(13(7-15)10-27-34-11-12-3-1-2-4-16(12)23)35-20-17(28(30)31)8-14(21(24,25)26)9-18(20)29(32)33/h1-10H,11H2/b27-10-. The van der Waals surface area contributed by atoms with E-state index in [1.807, 2.05) is 0 Å². The lowest BCUT2D eigenvalue weighted by atomic mass is 10.1. The molecule has 3 aromatic carbocycles. The first-order valence-corrected chi connectivity index (χ1v) is 10.2. The largest absolute Gasteiger partial charge is 0.443 e. The molecule has 0 unspecified atom stereocenters. The molecule has 0 spiro atoms. The minimum atomic E-state index is -5.07. The third-order valence-electron chi connectivity index (χ3n) is 4.40. The fourth-order valence-corrected chi connectivity index (χ4v) is 3.16. The summed E-state index contributed by atoms with van der Waals surface area (Å²) in [5.41, 5.74) is -3.79. The number of nitro groups is 2. The number of oxime groups is 1. The summed E-state index contributed by atoms with van der Waals surface area (Å²) in [6, 6.07) is 10.2. The van der Waals surface area contributed by atoms with Gasteiger partial charge in [0.15, 0.2) is 0 Å². The van der Waals surface area contributed by atoms with Crippen molar-refractivity contribution in [1.29, 1.82) is 0 Å². The molecule has 3 rings (SSSR count). The molecule has 0 saturated carbocycles. The molecule has 0 amide bonds. The van der Waals surface area contributed by atoms with E-state index < -0.39 is 44.5 Å². The van der Waals surface area contributed by atoms with Crippen molar-refractivity contribution >= 4 is 33.5 Å². The van der Waals surface area contributed by atoms with Gasteiger partial charge in [0.1, 0.15) is 18.2 Å². The minimum absolute atomic E-state index is 0.0939. The first kappa shape index (κ1) is 25.6. The Bertz CT molecular complexity index is 1280. The molecule has 0 radical (unpaired) electrons. The number of hydrogen-bond acceptors (Lipinski definition) is 7. The second kappa shape index (κ2) is 10.5. The molecular formula is C21H12BrF4N3O6. The van der Waals surface area contributed by atoms with E-state index in [9.17, 15) is 37.8 Å². The van der Waals surface area contributed by atoms with E-state index >= 15 is 0 Å². The van der Waals surface area contributed by atoms with Gasteiger partial charge < -0.3 is 9.57 Å². The van der Waals surface area contributed by atoms with Gasteiger partial charge in [-0.25, -0.2) is 4.39 Å². The average molecular weight is 558 g/mol. The lowest BCUT2D eigenvalue weighted by Crippen LogP contribution is -2.08. The van der Waals surface area contributed by atoms with Crippen LogP contribution < -0.4 is 4.74 Å². The molecule has 9 nitrogen and oxygen atoms in total. The molecule has 0 fully saturated rings. The van der Waals surface area contributed by atoms with Crippen molar-refractivity contribution in [3.05, 3.63) is 102 Å². The summed E-state index contributed by atoms with van der Waals surface area (Å²) in [5, 5.41) is 26.5. The molecule has 0 bridgehead atoms. The van der Waals surface area contributed by atoms with Crippen LogP contribution >= 0.6 is 15.9 Å². The van der Waals surface area contributed by atoms with Gasteiger partial charge in [-0.05, 0) is 24.3 Å². The van der Waals surface area contributed by atoms with Crippen molar-refractivity contribution in [1.82, 2.24) is 0 Å². The molecule has 14 heteroatoms. The third-order valence-corrected chi connectivity index (χ3v) is 4.89. The van der Waals surface area contributed by atoms with E-state index in [2.05, 4.69) is 21.1 Å². The van der Waals surface area contributed by atoms with Crippen LogP contribution in [0.25, 0.3) is 0 Å². The summed E-state index contributed by atoms with van der Waals surface area (Å²) in [4.78, 5) is 25.5. The van der Waals surface area contributed by atoms with Crippen molar-refractivity contribution in [3.8, 4) is 11.5 Å². The zero-order valence-corrected chi connectivity index (χ0v) is 18.7. The molecule has 0 atom stereocenters. The molecule has 0 aromatic heterocycles. The summed E-state index contributed by atoms with van der Waals surface area (Å²) in [5.74, 6) is -1.73. The van der Waals surface area contributed by atoms with E-state index in [-0.39, 0.29) is 35.6 Å².